The van der Waals surface area contributed by atoms with Crippen LogP contribution < -0.4 is 5.32 Å². The highest BCUT2D eigenvalue weighted by molar-refractivity contribution is 6.03. The average molecular weight is 358 g/mol. The Balaban J connectivity index is 0.000000460. The summed E-state index contributed by atoms with van der Waals surface area (Å²) in [6.07, 6.45) is 2.70. The molecule has 0 aromatic heterocycles. The first-order chi connectivity index (χ1) is 11.0. The van der Waals surface area contributed by atoms with Crippen LogP contribution in [0.2, 0.25) is 0 Å². The van der Waals surface area contributed by atoms with Gasteiger partial charge in [-0.2, -0.15) is 0 Å². The zero-order valence-corrected chi connectivity index (χ0v) is 14.3. The molecule has 2 rings (SSSR count). The normalized spacial score (nSPS) is 13.2. The van der Waals surface area contributed by atoms with Gasteiger partial charge in [-0.3, -0.25) is 14.9 Å². The lowest BCUT2D eigenvalue weighted by atomic mass is 10.1. The van der Waals surface area contributed by atoms with Crippen LogP contribution in [0, 0.1) is 0 Å². The van der Waals surface area contributed by atoms with Gasteiger partial charge >= 0.3 is 11.9 Å². The van der Waals surface area contributed by atoms with Crippen molar-refractivity contribution in [1.29, 1.82) is 0 Å². The molecular weight excluding hydrogens is 338 g/mol. The van der Waals surface area contributed by atoms with Crippen LogP contribution in [0.4, 0.5) is 0 Å². The van der Waals surface area contributed by atoms with Crippen LogP contribution >= 0.6 is 12.4 Å². The van der Waals surface area contributed by atoms with E-state index in [0.717, 1.165) is 12.8 Å². The molecule has 0 aliphatic carbocycles. The van der Waals surface area contributed by atoms with Crippen LogP contribution in [0.15, 0.2) is 24.3 Å². The summed E-state index contributed by atoms with van der Waals surface area (Å²) in [4.78, 5) is 43.6. The molecule has 1 fully saturated rings. The topological polar surface area (TPSA) is 98.8 Å². The average Bonchev–Trinajstić information content (AvgIpc) is 2.76. The maximum atomic E-state index is 11.2. The molecule has 2 amide bonds. The summed E-state index contributed by atoms with van der Waals surface area (Å²) in [5.41, 5.74) is 0.420. The number of halogens is 1. The number of hydrogen-bond donors (Lipinski definition) is 1. The van der Waals surface area contributed by atoms with E-state index in [1.165, 1.54) is 26.4 Å². The van der Waals surface area contributed by atoms with E-state index < -0.39 is 11.9 Å². The molecule has 7 nitrogen and oxygen atoms in total. The second-order valence-electron chi connectivity index (χ2n) is 4.71. The van der Waals surface area contributed by atoms with Gasteiger partial charge in [0.05, 0.1) is 25.3 Å². The zero-order valence-electron chi connectivity index (χ0n) is 13.5. The van der Waals surface area contributed by atoms with Crippen LogP contribution in [-0.2, 0) is 19.1 Å². The van der Waals surface area contributed by atoms with Gasteiger partial charge in [0.25, 0.3) is 0 Å². The van der Waals surface area contributed by atoms with Gasteiger partial charge in [-0.25, -0.2) is 9.59 Å². The number of benzene rings is 1. The summed E-state index contributed by atoms with van der Waals surface area (Å²) < 4.78 is 9.05. The second-order valence-corrected chi connectivity index (χ2v) is 4.71. The van der Waals surface area contributed by atoms with Crippen molar-refractivity contribution in [2.24, 2.45) is 0 Å². The first kappa shape index (κ1) is 21.6. The van der Waals surface area contributed by atoms with Crippen molar-refractivity contribution in [2.75, 3.05) is 14.2 Å². The number of imide groups is 1. The Morgan fingerprint density at radius 3 is 1.58 bits per heavy atom. The summed E-state index contributed by atoms with van der Waals surface area (Å²) in [6.45, 7) is 0. The Hall–Kier alpha value is -2.41. The summed E-state index contributed by atoms with van der Waals surface area (Å²) >= 11 is 0. The third kappa shape index (κ3) is 6.78. The molecule has 132 valence electrons. The maximum absolute atomic E-state index is 11.2. The molecule has 0 atom stereocenters. The first-order valence-electron chi connectivity index (χ1n) is 7.08. The number of carbonyl (C=O) groups is 4. The van der Waals surface area contributed by atoms with Crippen molar-refractivity contribution in [3.63, 3.8) is 0 Å². The monoisotopic (exact) mass is 357 g/mol. The fourth-order valence-electron chi connectivity index (χ4n) is 1.91. The van der Waals surface area contributed by atoms with Gasteiger partial charge in [0.15, 0.2) is 0 Å². The van der Waals surface area contributed by atoms with Gasteiger partial charge in [-0.15, -0.1) is 12.4 Å². The summed E-state index contributed by atoms with van der Waals surface area (Å²) in [6, 6.07) is 6.33. The smallest absolute Gasteiger partial charge is 0.338 e. The predicted octanol–water partition coefficient (Wildman–Crippen LogP) is 1.88. The van der Waals surface area contributed by atoms with Crippen molar-refractivity contribution >= 4 is 36.2 Å². The van der Waals surface area contributed by atoms with Crippen molar-refractivity contribution < 1.29 is 28.7 Å². The third-order valence-corrected chi connectivity index (χ3v) is 3.07. The van der Waals surface area contributed by atoms with Crippen molar-refractivity contribution in [3.05, 3.63) is 35.4 Å². The first-order valence-corrected chi connectivity index (χ1v) is 7.08. The largest absolute Gasteiger partial charge is 0.465 e. The van der Waals surface area contributed by atoms with Gasteiger partial charge in [0.2, 0.25) is 11.8 Å². The van der Waals surface area contributed by atoms with Crippen LogP contribution in [0.5, 0.6) is 0 Å². The molecule has 0 saturated carbocycles. The number of nitrogens with one attached hydrogen (secondary N) is 1. The molecular formula is C16H20ClNO6. The molecule has 8 heteroatoms. The number of amides is 2. The molecule has 1 heterocycles. The summed E-state index contributed by atoms with van der Waals surface area (Å²) in [5.74, 6) is -1.35. The second kappa shape index (κ2) is 11.2. The van der Waals surface area contributed by atoms with Crippen molar-refractivity contribution in [3.8, 4) is 0 Å². The number of hydrogen-bond acceptors (Lipinski definition) is 6. The van der Waals surface area contributed by atoms with E-state index in [1.54, 1.807) is 12.1 Å². The van der Waals surface area contributed by atoms with Gasteiger partial charge in [0.1, 0.15) is 0 Å². The number of carbonyl (C=O) groups excluding carboxylic acids is 4. The highest BCUT2D eigenvalue weighted by Crippen LogP contribution is 2.10. The highest BCUT2D eigenvalue weighted by atomic mass is 35.5. The van der Waals surface area contributed by atoms with Gasteiger partial charge in [-0.05, 0) is 25.0 Å². The Morgan fingerprint density at radius 1 is 0.875 bits per heavy atom. The van der Waals surface area contributed by atoms with E-state index in [4.69, 9.17) is 0 Å². The summed E-state index contributed by atoms with van der Waals surface area (Å²) in [7, 11) is 2.52. The van der Waals surface area contributed by atoms with Crippen molar-refractivity contribution in [2.45, 2.75) is 25.7 Å². The van der Waals surface area contributed by atoms with Gasteiger partial charge in [0, 0.05) is 12.8 Å². The van der Waals surface area contributed by atoms with Crippen LogP contribution in [0.3, 0.4) is 0 Å². The molecule has 1 saturated heterocycles. The molecule has 0 bridgehead atoms. The lowest BCUT2D eigenvalue weighted by Crippen LogP contribution is -2.27. The number of esters is 2. The Kier molecular flexibility index (Phi) is 10.1. The van der Waals surface area contributed by atoms with Crippen LogP contribution in [-0.4, -0.2) is 38.0 Å². The Labute approximate surface area is 146 Å². The quantitative estimate of drug-likeness (QED) is 0.641. The van der Waals surface area contributed by atoms with E-state index in [-0.39, 0.29) is 35.3 Å². The minimum absolute atomic E-state index is 0. The molecule has 1 N–H and O–H groups in total. The molecule has 0 spiro atoms. The standard InChI is InChI=1S/C10H10O4.C6H9NO2.ClH/c1-13-9(11)7-5-3-4-6-8(7)10(12)14-2;8-5-3-1-2-4-6(9)7-5;/h3-6H,1-2H3;1-4H2,(H,7,8,9);1H. The molecule has 0 radical (unpaired) electrons. The fourth-order valence-corrected chi connectivity index (χ4v) is 1.91. The fraction of sp³-hybridized carbons (Fsp3) is 0.375. The molecule has 1 aromatic carbocycles. The Morgan fingerprint density at radius 2 is 1.25 bits per heavy atom. The predicted molar refractivity (Wildman–Crippen MR) is 88.0 cm³/mol. The summed E-state index contributed by atoms with van der Waals surface area (Å²) in [5, 5.41) is 2.26. The van der Waals surface area contributed by atoms with Crippen LogP contribution in [0.1, 0.15) is 46.4 Å². The van der Waals surface area contributed by atoms with E-state index >= 15 is 0 Å². The molecule has 1 aliphatic rings. The maximum Gasteiger partial charge on any atom is 0.338 e. The lowest BCUT2D eigenvalue weighted by molar-refractivity contribution is -0.129. The molecule has 24 heavy (non-hydrogen) atoms. The highest BCUT2D eigenvalue weighted by Gasteiger charge is 2.16. The minimum atomic E-state index is -0.550. The molecule has 1 aromatic rings. The van der Waals surface area contributed by atoms with Crippen molar-refractivity contribution in [1.82, 2.24) is 5.32 Å². The Bertz CT molecular complexity index is 551. The number of rotatable bonds is 2. The van der Waals surface area contributed by atoms with E-state index in [2.05, 4.69) is 14.8 Å². The lowest BCUT2D eigenvalue weighted by Gasteiger charge is -2.04. The van der Waals surface area contributed by atoms with Gasteiger partial charge < -0.3 is 9.47 Å². The van der Waals surface area contributed by atoms with Crippen LogP contribution in [0.25, 0.3) is 0 Å². The number of methoxy groups -OCH3 is 2. The van der Waals surface area contributed by atoms with Gasteiger partial charge in [-0.1, -0.05) is 12.1 Å². The van der Waals surface area contributed by atoms with E-state index in [1.807, 2.05) is 0 Å². The zero-order chi connectivity index (χ0) is 17.2. The van der Waals surface area contributed by atoms with E-state index in [9.17, 15) is 19.2 Å². The SMILES string of the molecule is COC(=O)c1ccccc1C(=O)OC.Cl.O=C1CCCCC(=O)N1. The minimum Gasteiger partial charge on any atom is -0.465 e. The molecule has 1 aliphatic heterocycles. The number of ether oxygens (including phenoxy) is 2. The van der Waals surface area contributed by atoms with E-state index in [0.29, 0.717) is 12.8 Å². The third-order valence-electron chi connectivity index (χ3n) is 3.07. The molecule has 0 unspecified atom stereocenters.